The Morgan fingerprint density at radius 1 is 1.12 bits per heavy atom. The number of nitrogens with zero attached hydrogens (tertiary/aromatic N) is 3. The van der Waals surface area contributed by atoms with Crippen molar-refractivity contribution in [2.24, 2.45) is 5.73 Å². The summed E-state index contributed by atoms with van der Waals surface area (Å²) in [6.45, 7) is 1.26. The Kier molecular flexibility index (Phi) is 5.03. The summed E-state index contributed by atoms with van der Waals surface area (Å²) < 4.78 is 27.6. The molecule has 1 aromatic heterocycles. The van der Waals surface area contributed by atoms with Crippen molar-refractivity contribution in [2.45, 2.75) is 0 Å². The normalized spacial score (nSPS) is 14.4. The van der Waals surface area contributed by atoms with Gasteiger partial charge in [-0.1, -0.05) is 17.7 Å². The van der Waals surface area contributed by atoms with Gasteiger partial charge in [-0.3, -0.25) is 9.59 Å². The van der Waals surface area contributed by atoms with Gasteiger partial charge < -0.3 is 15.5 Å². The van der Waals surface area contributed by atoms with Gasteiger partial charge >= 0.3 is 0 Å². The molecule has 0 spiro atoms. The van der Waals surface area contributed by atoms with Gasteiger partial charge in [-0.2, -0.15) is 0 Å². The van der Waals surface area contributed by atoms with Gasteiger partial charge in [-0.15, -0.1) is 0 Å². The van der Waals surface area contributed by atoms with Crippen molar-refractivity contribution in [3.63, 3.8) is 0 Å². The maximum absolute atomic E-state index is 13.8. The van der Waals surface area contributed by atoms with Gasteiger partial charge in [0.2, 0.25) is 5.91 Å². The van der Waals surface area contributed by atoms with Crippen LogP contribution in [0.5, 0.6) is 0 Å². The average Bonchev–Trinajstić information content (AvgIpc) is 2.61. The molecule has 6 nitrogen and oxygen atoms in total. The third kappa shape index (κ3) is 3.45. The molecule has 0 saturated carbocycles. The van der Waals surface area contributed by atoms with E-state index in [4.69, 9.17) is 17.3 Å². The number of carbonyl (C=O) groups excluding carboxylic acids is 2. The molecule has 9 heteroatoms. The topological polar surface area (TPSA) is 79.5 Å². The molecule has 0 aliphatic carbocycles. The monoisotopic (exact) mass is 380 g/mol. The summed E-state index contributed by atoms with van der Waals surface area (Å²) >= 11 is 6.15. The molecule has 1 aliphatic heterocycles. The number of amides is 2. The number of benzene rings is 1. The second kappa shape index (κ2) is 7.25. The molecule has 2 amide bonds. The van der Waals surface area contributed by atoms with E-state index >= 15 is 0 Å². The number of hydrogen-bond donors (Lipinski definition) is 1. The zero-order chi connectivity index (χ0) is 18.8. The Hall–Kier alpha value is -2.74. The molecule has 136 valence electrons. The van der Waals surface area contributed by atoms with E-state index in [2.05, 4.69) is 4.98 Å². The first kappa shape index (κ1) is 18.1. The minimum absolute atomic E-state index is 0.197. The van der Waals surface area contributed by atoms with Crippen LogP contribution < -0.4 is 10.6 Å². The zero-order valence-corrected chi connectivity index (χ0v) is 14.3. The van der Waals surface area contributed by atoms with Crippen LogP contribution in [0.2, 0.25) is 5.02 Å². The molecular formula is C17H15ClF2N4O2. The first-order valence-electron chi connectivity index (χ1n) is 7.82. The number of hydrogen-bond acceptors (Lipinski definition) is 4. The summed E-state index contributed by atoms with van der Waals surface area (Å²) in [6.07, 6.45) is 1.33. The molecule has 3 rings (SSSR count). The number of halogens is 3. The first-order chi connectivity index (χ1) is 12.4. The van der Waals surface area contributed by atoms with Crippen molar-refractivity contribution in [1.82, 2.24) is 9.88 Å². The van der Waals surface area contributed by atoms with E-state index < -0.39 is 29.0 Å². The molecular weight excluding hydrogens is 366 g/mol. The van der Waals surface area contributed by atoms with E-state index in [0.717, 1.165) is 12.1 Å². The van der Waals surface area contributed by atoms with Gasteiger partial charge in [0.15, 0.2) is 0 Å². The fraction of sp³-hybridized carbons (Fsp3) is 0.235. The van der Waals surface area contributed by atoms with E-state index in [-0.39, 0.29) is 23.7 Å². The van der Waals surface area contributed by atoms with E-state index in [0.29, 0.717) is 18.9 Å². The largest absolute Gasteiger partial charge is 0.366 e. The number of primary amides is 1. The summed E-state index contributed by atoms with van der Waals surface area (Å²) in [6, 6.07) is 4.74. The van der Waals surface area contributed by atoms with E-state index in [1.807, 2.05) is 4.90 Å². The van der Waals surface area contributed by atoms with Crippen molar-refractivity contribution in [3.05, 3.63) is 58.2 Å². The van der Waals surface area contributed by atoms with Gasteiger partial charge in [0.1, 0.15) is 23.0 Å². The van der Waals surface area contributed by atoms with Gasteiger partial charge in [0.25, 0.3) is 5.91 Å². The highest BCUT2D eigenvalue weighted by Crippen LogP contribution is 2.25. The smallest absolute Gasteiger partial charge is 0.259 e. The van der Waals surface area contributed by atoms with E-state index in [1.54, 1.807) is 0 Å². The van der Waals surface area contributed by atoms with Crippen molar-refractivity contribution in [3.8, 4) is 0 Å². The predicted molar refractivity (Wildman–Crippen MR) is 92.2 cm³/mol. The van der Waals surface area contributed by atoms with Gasteiger partial charge in [0.05, 0.1) is 10.6 Å². The molecule has 0 bridgehead atoms. The fourth-order valence-electron chi connectivity index (χ4n) is 2.78. The Labute approximate surface area is 153 Å². The summed E-state index contributed by atoms with van der Waals surface area (Å²) in [5, 5.41) is 0.265. The molecule has 2 N–H and O–H groups in total. The lowest BCUT2D eigenvalue weighted by Gasteiger charge is -2.35. The molecule has 2 heterocycles. The van der Waals surface area contributed by atoms with Crippen LogP contribution in [-0.2, 0) is 0 Å². The number of nitrogens with two attached hydrogens (primary N) is 1. The zero-order valence-electron chi connectivity index (χ0n) is 13.6. The Balaban J connectivity index is 1.71. The fourth-order valence-corrected chi connectivity index (χ4v) is 3.07. The molecule has 1 aliphatic rings. The van der Waals surface area contributed by atoms with Crippen molar-refractivity contribution in [2.75, 3.05) is 31.1 Å². The molecule has 0 unspecified atom stereocenters. The third-order valence-electron chi connectivity index (χ3n) is 4.15. The second-order valence-corrected chi connectivity index (χ2v) is 6.18. The Morgan fingerprint density at radius 2 is 1.73 bits per heavy atom. The second-order valence-electron chi connectivity index (χ2n) is 5.77. The molecule has 26 heavy (non-hydrogen) atoms. The lowest BCUT2D eigenvalue weighted by molar-refractivity contribution is 0.0736. The van der Waals surface area contributed by atoms with Crippen molar-refractivity contribution >= 4 is 29.2 Å². The maximum Gasteiger partial charge on any atom is 0.259 e. The summed E-state index contributed by atoms with van der Waals surface area (Å²) in [7, 11) is 0. The molecule has 1 saturated heterocycles. The predicted octanol–water partition coefficient (Wildman–Crippen LogP) is 2.07. The minimum atomic E-state index is -0.885. The minimum Gasteiger partial charge on any atom is -0.366 e. The van der Waals surface area contributed by atoms with Crippen LogP contribution in [0.3, 0.4) is 0 Å². The van der Waals surface area contributed by atoms with E-state index in [1.165, 1.54) is 23.2 Å². The number of piperazine rings is 1. The van der Waals surface area contributed by atoms with Crippen LogP contribution in [0.25, 0.3) is 0 Å². The molecule has 2 aromatic rings. The standard InChI is InChI=1S/C17H15ClF2N4O2/c18-11-8-10(15(21)25)9-22-16(11)23-4-6-24(7-5-23)17(26)14-12(19)2-1-3-13(14)20/h1-3,8-9H,4-7H2,(H2,21,25). The number of anilines is 1. The number of rotatable bonds is 3. The van der Waals surface area contributed by atoms with Crippen LogP contribution in [0.1, 0.15) is 20.7 Å². The van der Waals surface area contributed by atoms with Crippen molar-refractivity contribution in [1.29, 1.82) is 0 Å². The highest BCUT2D eigenvalue weighted by Gasteiger charge is 2.27. The number of aromatic nitrogens is 1. The van der Waals surface area contributed by atoms with Crippen LogP contribution >= 0.6 is 11.6 Å². The summed E-state index contributed by atoms with van der Waals surface area (Å²) in [4.78, 5) is 30.9. The molecule has 0 radical (unpaired) electrons. The third-order valence-corrected chi connectivity index (χ3v) is 4.43. The van der Waals surface area contributed by atoms with Crippen LogP contribution in [0, 0.1) is 11.6 Å². The van der Waals surface area contributed by atoms with Crippen LogP contribution in [-0.4, -0.2) is 47.9 Å². The maximum atomic E-state index is 13.8. The van der Waals surface area contributed by atoms with Crippen LogP contribution in [0.15, 0.2) is 30.5 Å². The lowest BCUT2D eigenvalue weighted by Crippen LogP contribution is -2.49. The van der Waals surface area contributed by atoms with Crippen LogP contribution in [0.4, 0.5) is 14.6 Å². The summed E-state index contributed by atoms with van der Waals surface area (Å²) in [5.74, 6) is -2.63. The number of carbonyl (C=O) groups is 2. The highest BCUT2D eigenvalue weighted by molar-refractivity contribution is 6.33. The Bertz CT molecular complexity index is 850. The highest BCUT2D eigenvalue weighted by atomic mass is 35.5. The number of pyridine rings is 1. The SMILES string of the molecule is NC(=O)c1cnc(N2CCN(C(=O)c3c(F)cccc3F)CC2)c(Cl)c1. The summed E-state index contributed by atoms with van der Waals surface area (Å²) in [5.41, 5.74) is 4.83. The van der Waals surface area contributed by atoms with Crippen molar-refractivity contribution < 1.29 is 18.4 Å². The Morgan fingerprint density at radius 3 is 2.27 bits per heavy atom. The molecule has 1 fully saturated rings. The van der Waals surface area contributed by atoms with Gasteiger partial charge in [-0.05, 0) is 18.2 Å². The molecule has 0 atom stereocenters. The van der Waals surface area contributed by atoms with Gasteiger partial charge in [0, 0.05) is 32.4 Å². The lowest BCUT2D eigenvalue weighted by atomic mass is 10.1. The quantitative estimate of drug-likeness (QED) is 0.884. The average molecular weight is 381 g/mol. The van der Waals surface area contributed by atoms with Gasteiger partial charge in [-0.25, -0.2) is 13.8 Å². The first-order valence-corrected chi connectivity index (χ1v) is 8.20. The molecule has 1 aromatic carbocycles. The van der Waals surface area contributed by atoms with E-state index in [9.17, 15) is 18.4 Å².